The van der Waals surface area contributed by atoms with E-state index in [4.69, 9.17) is 5.73 Å². The normalized spacial score (nSPS) is 14.8. The molecule has 0 unspecified atom stereocenters. The quantitative estimate of drug-likeness (QED) is 0.819. The van der Waals surface area contributed by atoms with Gasteiger partial charge in [0.1, 0.15) is 0 Å². The van der Waals surface area contributed by atoms with Crippen LogP contribution in [-0.2, 0) is 12.8 Å². The van der Waals surface area contributed by atoms with Crippen molar-refractivity contribution in [1.82, 2.24) is 0 Å². The van der Waals surface area contributed by atoms with Gasteiger partial charge in [-0.15, -0.1) is 0 Å². The summed E-state index contributed by atoms with van der Waals surface area (Å²) >= 11 is 0. The molecule has 0 heterocycles. The van der Waals surface area contributed by atoms with Crippen LogP contribution in [0.25, 0.3) is 0 Å². The number of fused-ring (bicyclic) bond motifs is 1. The van der Waals surface area contributed by atoms with E-state index in [0.29, 0.717) is 0 Å². The molecule has 1 aromatic carbocycles. The highest BCUT2D eigenvalue weighted by Crippen LogP contribution is 2.25. The predicted octanol–water partition coefficient (Wildman–Crippen LogP) is 2.96. The van der Waals surface area contributed by atoms with Gasteiger partial charge < -0.3 is 11.1 Å². The first-order valence-corrected chi connectivity index (χ1v) is 6.66. The van der Waals surface area contributed by atoms with Crippen molar-refractivity contribution < 1.29 is 0 Å². The summed E-state index contributed by atoms with van der Waals surface area (Å²) in [5.41, 5.74) is 10.3. The largest absolute Gasteiger partial charge is 0.385 e. The lowest BCUT2D eigenvalue weighted by Gasteiger charge is -2.22. The first-order valence-electron chi connectivity index (χ1n) is 6.66. The fourth-order valence-electron chi connectivity index (χ4n) is 2.33. The minimum Gasteiger partial charge on any atom is -0.385 e. The van der Waals surface area contributed by atoms with Gasteiger partial charge >= 0.3 is 0 Å². The van der Waals surface area contributed by atoms with Crippen LogP contribution in [0.1, 0.15) is 37.8 Å². The molecule has 1 aliphatic carbocycles. The second kappa shape index (κ2) is 5.09. The maximum Gasteiger partial charge on any atom is 0.0343 e. The second-order valence-electron chi connectivity index (χ2n) is 5.88. The van der Waals surface area contributed by atoms with Crippen LogP contribution < -0.4 is 11.1 Å². The molecule has 0 bridgehead atoms. The highest BCUT2D eigenvalue weighted by atomic mass is 14.9. The number of hydrogen-bond acceptors (Lipinski definition) is 2. The maximum atomic E-state index is 5.73. The van der Waals surface area contributed by atoms with Gasteiger partial charge in [-0.3, -0.25) is 0 Å². The van der Waals surface area contributed by atoms with Crippen molar-refractivity contribution >= 4 is 5.69 Å². The van der Waals surface area contributed by atoms with E-state index in [1.54, 1.807) is 0 Å². The predicted molar refractivity (Wildman–Crippen MR) is 74.4 cm³/mol. The number of benzene rings is 1. The van der Waals surface area contributed by atoms with Crippen molar-refractivity contribution in [1.29, 1.82) is 0 Å². The summed E-state index contributed by atoms with van der Waals surface area (Å²) in [5.74, 6) is 0. The standard InChI is InChI=1S/C15H24N2/c1-15(2,11-16)8-9-17-14-7-6-12-4-3-5-13(12)10-14/h6-7,10,17H,3-5,8-9,11,16H2,1-2H3. The molecule has 0 atom stereocenters. The molecule has 0 aliphatic heterocycles. The fourth-order valence-corrected chi connectivity index (χ4v) is 2.33. The van der Waals surface area contributed by atoms with Crippen LogP contribution in [0.4, 0.5) is 5.69 Å². The number of nitrogens with two attached hydrogens (primary N) is 1. The number of aryl methyl sites for hydroxylation is 2. The van der Waals surface area contributed by atoms with E-state index in [1.165, 1.54) is 36.1 Å². The van der Waals surface area contributed by atoms with Crippen molar-refractivity contribution in [3.05, 3.63) is 29.3 Å². The van der Waals surface area contributed by atoms with Crippen molar-refractivity contribution in [2.24, 2.45) is 11.1 Å². The van der Waals surface area contributed by atoms with E-state index in [0.717, 1.165) is 19.5 Å². The minimum absolute atomic E-state index is 0.240. The Morgan fingerprint density at radius 2 is 2.00 bits per heavy atom. The molecule has 0 fully saturated rings. The highest BCUT2D eigenvalue weighted by Gasteiger charge is 2.15. The lowest BCUT2D eigenvalue weighted by atomic mass is 9.90. The molecule has 94 valence electrons. The third-order valence-electron chi connectivity index (χ3n) is 3.78. The van der Waals surface area contributed by atoms with Crippen LogP contribution in [0.3, 0.4) is 0 Å². The van der Waals surface area contributed by atoms with Crippen LogP contribution >= 0.6 is 0 Å². The summed E-state index contributed by atoms with van der Waals surface area (Å²) in [6.07, 6.45) is 4.94. The lowest BCUT2D eigenvalue weighted by Crippen LogP contribution is -2.26. The van der Waals surface area contributed by atoms with Crippen LogP contribution in [0.15, 0.2) is 18.2 Å². The number of anilines is 1. The molecule has 2 nitrogen and oxygen atoms in total. The monoisotopic (exact) mass is 232 g/mol. The van der Waals surface area contributed by atoms with Gasteiger partial charge in [-0.05, 0) is 60.9 Å². The molecule has 1 aromatic rings. The van der Waals surface area contributed by atoms with Gasteiger partial charge in [0, 0.05) is 12.2 Å². The minimum atomic E-state index is 0.240. The topological polar surface area (TPSA) is 38.0 Å². The Kier molecular flexibility index (Phi) is 3.72. The summed E-state index contributed by atoms with van der Waals surface area (Å²) in [5, 5.41) is 3.51. The Labute approximate surface area is 105 Å². The van der Waals surface area contributed by atoms with Crippen LogP contribution in [0.5, 0.6) is 0 Å². The fraction of sp³-hybridized carbons (Fsp3) is 0.600. The SMILES string of the molecule is CC(C)(CN)CCNc1ccc2c(c1)CCC2. The van der Waals surface area contributed by atoms with E-state index in [-0.39, 0.29) is 5.41 Å². The van der Waals surface area contributed by atoms with E-state index < -0.39 is 0 Å². The Bertz CT molecular complexity index is 383. The first-order chi connectivity index (χ1) is 8.11. The summed E-state index contributed by atoms with van der Waals surface area (Å²) in [6, 6.07) is 6.80. The van der Waals surface area contributed by atoms with Crippen molar-refractivity contribution in [2.75, 3.05) is 18.4 Å². The van der Waals surface area contributed by atoms with Gasteiger partial charge in [0.2, 0.25) is 0 Å². The summed E-state index contributed by atoms with van der Waals surface area (Å²) in [4.78, 5) is 0. The average Bonchev–Trinajstić information content (AvgIpc) is 2.76. The molecule has 0 spiro atoms. The molecule has 0 radical (unpaired) electrons. The van der Waals surface area contributed by atoms with E-state index >= 15 is 0 Å². The summed E-state index contributed by atoms with van der Waals surface area (Å²) < 4.78 is 0. The molecule has 2 rings (SSSR count). The third-order valence-corrected chi connectivity index (χ3v) is 3.78. The molecule has 0 aromatic heterocycles. The van der Waals surface area contributed by atoms with Gasteiger partial charge in [-0.25, -0.2) is 0 Å². The summed E-state index contributed by atoms with van der Waals surface area (Å²) in [7, 11) is 0. The summed E-state index contributed by atoms with van der Waals surface area (Å²) in [6.45, 7) is 6.19. The Balaban J connectivity index is 1.88. The van der Waals surface area contributed by atoms with Crippen LogP contribution in [0, 0.1) is 5.41 Å². The highest BCUT2D eigenvalue weighted by molar-refractivity contribution is 5.50. The van der Waals surface area contributed by atoms with E-state index in [1.807, 2.05) is 0 Å². The maximum absolute atomic E-state index is 5.73. The van der Waals surface area contributed by atoms with Crippen LogP contribution in [-0.4, -0.2) is 13.1 Å². The van der Waals surface area contributed by atoms with Gasteiger partial charge in [0.15, 0.2) is 0 Å². The Hall–Kier alpha value is -1.02. The molecule has 1 aliphatic rings. The Morgan fingerprint density at radius 1 is 1.24 bits per heavy atom. The molecule has 17 heavy (non-hydrogen) atoms. The van der Waals surface area contributed by atoms with Gasteiger partial charge in [-0.2, -0.15) is 0 Å². The van der Waals surface area contributed by atoms with Gasteiger partial charge in [0.05, 0.1) is 0 Å². The van der Waals surface area contributed by atoms with Crippen molar-refractivity contribution in [3.8, 4) is 0 Å². The second-order valence-corrected chi connectivity index (χ2v) is 5.88. The molecular weight excluding hydrogens is 208 g/mol. The van der Waals surface area contributed by atoms with E-state index in [9.17, 15) is 0 Å². The van der Waals surface area contributed by atoms with Crippen LogP contribution in [0.2, 0.25) is 0 Å². The van der Waals surface area contributed by atoms with E-state index in [2.05, 4.69) is 37.4 Å². The third kappa shape index (κ3) is 3.22. The zero-order chi connectivity index (χ0) is 12.3. The molecule has 3 N–H and O–H groups in total. The average molecular weight is 232 g/mol. The first kappa shape index (κ1) is 12.4. The molecule has 0 saturated heterocycles. The van der Waals surface area contributed by atoms with Crippen molar-refractivity contribution in [3.63, 3.8) is 0 Å². The number of nitrogens with one attached hydrogen (secondary N) is 1. The smallest absolute Gasteiger partial charge is 0.0343 e. The molecule has 0 saturated carbocycles. The molecular formula is C15H24N2. The number of hydrogen-bond donors (Lipinski definition) is 2. The zero-order valence-electron chi connectivity index (χ0n) is 11.1. The Morgan fingerprint density at radius 3 is 2.76 bits per heavy atom. The molecule has 0 amide bonds. The zero-order valence-corrected chi connectivity index (χ0v) is 11.1. The lowest BCUT2D eigenvalue weighted by molar-refractivity contribution is 0.358. The molecule has 2 heteroatoms. The van der Waals surface area contributed by atoms with Gasteiger partial charge in [-0.1, -0.05) is 19.9 Å². The number of rotatable bonds is 5. The van der Waals surface area contributed by atoms with Gasteiger partial charge in [0.25, 0.3) is 0 Å². The van der Waals surface area contributed by atoms with Crippen molar-refractivity contribution in [2.45, 2.75) is 39.5 Å².